The zero-order chi connectivity index (χ0) is 16.5. The van der Waals surface area contributed by atoms with Gasteiger partial charge in [-0.2, -0.15) is 0 Å². The monoisotopic (exact) mass is 326 g/mol. The summed E-state index contributed by atoms with van der Waals surface area (Å²) in [6.45, 7) is 6.93. The van der Waals surface area contributed by atoms with Crippen LogP contribution in [0.15, 0.2) is 18.2 Å². The summed E-state index contributed by atoms with van der Waals surface area (Å²) in [6, 6.07) is 3.67. The number of benzene rings is 1. The number of hydrogen-bond acceptors (Lipinski definition) is 2. The molecule has 1 unspecified atom stereocenters. The summed E-state index contributed by atoms with van der Waals surface area (Å²) in [5.74, 6) is -0.783. The number of nitrogens with zero attached hydrogens (tertiary/aromatic N) is 1. The molecule has 1 heterocycles. The summed E-state index contributed by atoms with van der Waals surface area (Å²) in [6.07, 6.45) is 0.411. The smallest absolute Gasteiger partial charge is 0.252 e. The van der Waals surface area contributed by atoms with Crippen LogP contribution in [0.4, 0.5) is 4.39 Å². The molecule has 0 bridgehead atoms. The highest BCUT2D eigenvalue weighted by Gasteiger charge is 2.36. The predicted molar refractivity (Wildman–Crippen MR) is 83.3 cm³/mol. The average Bonchev–Trinajstić information content (AvgIpc) is 2.80. The van der Waals surface area contributed by atoms with Crippen molar-refractivity contribution in [1.82, 2.24) is 10.2 Å². The van der Waals surface area contributed by atoms with Crippen LogP contribution in [0, 0.1) is 11.7 Å². The van der Waals surface area contributed by atoms with E-state index in [4.69, 9.17) is 11.6 Å². The fraction of sp³-hybridized carbons (Fsp3) is 0.500. The molecule has 22 heavy (non-hydrogen) atoms. The molecule has 1 fully saturated rings. The van der Waals surface area contributed by atoms with Gasteiger partial charge >= 0.3 is 0 Å². The molecular weight excluding hydrogens is 307 g/mol. The number of amides is 2. The van der Waals surface area contributed by atoms with Gasteiger partial charge in [0.25, 0.3) is 5.91 Å². The normalized spacial score (nSPS) is 18.7. The standard InChI is InChI=1S/C16H20ClFN2O2/c1-16(2,3)20-9-10(6-14(20)21)8-19-15(22)12-7-11(18)4-5-13(12)17/h4-5,7,10H,6,8-9H2,1-3H3,(H,19,22). The number of halogens is 2. The Labute approximate surface area is 134 Å². The second kappa shape index (κ2) is 6.24. The van der Waals surface area contributed by atoms with Gasteiger partial charge in [-0.1, -0.05) is 11.6 Å². The molecule has 0 aliphatic carbocycles. The Morgan fingerprint density at radius 2 is 2.14 bits per heavy atom. The van der Waals surface area contributed by atoms with Crippen LogP contribution in [0.1, 0.15) is 37.6 Å². The van der Waals surface area contributed by atoms with Gasteiger partial charge in [-0.25, -0.2) is 4.39 Å². The molecule has 1 atom stereocenters. The summed E-state index contributed by atoms with van der Waals surface area (Å²) < 4.78 is 13.2. The lowest BCUT2D eigenvalue weighted by Crippen LogP contribution is -2.42. The molecule has 1 aromatic carbocycles. The molecule has 2 rings (SSSR count). The van der Waals surface area contributed by atoms with Crippen LogP contribution in [0.5, 0.6) is 0 Å². The number of rotatable bonds is 3. The van der Waals surface area contributed by atoms with Gasteiger partial charge in [0.2, 0.25) is 5.91 Å². The van der Waals surface area contributed by atoms with E-state index in [2.05, 4.69) is 5.32 Å². The summed E-state index contributed by atoms with van der Waals surface area (Å²) in [5, 5.41) is 2.94. The topological polar surface area (TPSA) is 49.4 Å². The van der Waals surface area contributed by atoms with Crippen LogP contribution in [0.25, 0.3) is 0 Å². The van der Waals surface area contributed by atoms with Gasteiger partial charge < -0.3 is 10.2 Å². The van der Waals surface area contributed by atoms with E-state index in [9.17, 15) is 14.0 Å². The van der Waals surface area contributed by atoms with Crippen LogP contribution in [0.2, 0.25) is 5.02 Å². The Balaban J connectivity index is 1.95. The minimum atomic E-state index is -0.510. The van der Waals surface area contributed by atoms with Crippen molar-refractivity contribution in [3.63, 3.8) is 0 Å². The Kier molecular flexibility index (Phi) is 4.75. The van der Waals surface area contributed by atoms with Crippen LogP contribution in [0.3, 0.4) is 0 Å². The number of carbonyl (C=O) groups is 2. The van der Waals surface area contributed by atoms with Crippen molar-refractivity contribution < 1.29 is 14.0 Å². The minimum Gasteiger partial charge on any atom is -0.352 e. The SMILES string of the molecule is CC(C)(C)N1CC(CNC(=O)c2cc(F)ccc2Cl)CC1=O. The molecule has 0 saturated carbocycles. The number of hydrogen-bond donors (Lipinski definition) is 1. The Bertz CT molecular complexity index is 598. The largest absolute Gasteiger partial charge is 0.352 e. The number of carbonyl (C=O) groups excluding carboxylic acids is 2. The Hall–Kier alpha value is -1.62. The van der Waals surface area contributed by atoms with E-state index in [1.54, 1.807) is 0 Å². The summed E-state index contributed by atoms with van der Waals surface area (Å²) in [5.41, 5.74) is -0.111. The molecule has 1 aliphatic rings. The van der Waals surface area contributed by atoms with Crippen molar-refractivity contribution in [2.45, 2.75) is 32.7 Å². The van der Waals surface area contributed by atoms with Crippen molar-refractivity contribution in [2.24, 2.45) is 5.92 Å². The average molecular weight is 327 g/mol. The van der Waals surface area contributed by atoms with E-state index in [0.29, 0.717) is 19.5 Å². The third-order valence-electron chi connectivity index (χ3n) is 3.74. The Morgan fingerprint density at radius 1 is 1.45 bits per heavy atom. The maximum Gasteiger partial charge on any atom is 0.252 e. The summed E-state index contributed by atoms with van der Waals surface area (Å²) in [4.78, 5) is 25.9. The van der Waals surface area contributed by atoms with E-state index >= 15 is 0 Å². The second-order valence-corrected chi connectivity index (χ2v) is 6.99. The highest BCUT2D eigenvalue weighted by atomic mass is 35.5. The molecule has 1 N–H and O–H groups in total. The lowest BCUT2D eigenvalue weighted by atomic mass is 10.1. The van der Waals surface area contributed by atoms with Gasteiger partial charge in [0.15, 0.2) is 0 Å². The lowest BCUT2D eigenvalue weighted by Gasteiger charge is -2.32. The molecule has 0 spiro atoms. The van der Waals surface area contributed by atoms with Gasteiger partial charge in [0.1, 0.15) is 5.82 Å². The molecule has 1 saturated heterocycles. The van der Waals surface area contributed by atoms with Crippen molar-refractivity contribution in [3.05, 3.63) is 34.6 Å². The maximum absolute atomic E-state index is 13.2. The molecular formula is C16H20ClFN2O2. The van der Waals surface area contributed by atoms with Gasteiger partial charge in [-0.3, -0.25) is 9.59 Å². The highest BCUT2D eigenvalue weighted by molar-refractivity contribution is 6.33. The summed E-state index contributed by atoms with van der Waals surface area (Å²) >= 11 is 5.90. The zero-order valence-electron chi connectivity index (χ0n) is 13.0. The van der Waals surface area contributed by atoms with E-state index in [-0.39, 0.29) is 28.0 Å². The molecule has 120 valence electrons. The van der Waals surface area contributed by atoms with Gasteiger partial charge in [0, 0.05) is 31.0 Å². The number of likely N-dealkylation sites (tertiary alicyclic amines) is 1. The van der Waals surface area contributed by atoms with Crippen molar-refractivity contribution in [1.29, 1.82) is 0 Å². The maximum atomic E-state index is 13.2. The Morgan fingerprint density at radius 3 is 2.73 bits per heavy atom. The van der Waals surface area contributed by atoms with E-state index in [1.807, 2.05) is 25.7 Å². The van der Waals surface area contributed by atoms with Crippen LogP contribution in [-0.4, -0.2) is 35.3 Å². The van der Waals surface area contributed by atoms with Gasteiger partial charge in [0.05, 0.1) is 10.6 Å². The third kappa shape index (κ3) is 3.77. The number of nitrogens with one attached hydrogen (secondary N) is 1. The first-order chi connectivity index (χ1) is 10.2. The van der Waals surface area contributed by atoms with E-state index < -0.39 is 11.7 Å². The predicted octanol–water partition coefficient (Wildman–Crippen LogP) is 2.86. The molecule has 6 heteroatoms. The summed E-state index contributed by atoms with van der Waals surface area (Å²) in [7, 11) is 0. The quantitative estimate of drug-likeness (QED) is 0.928. The van der Waals surface area contributed by atoms with Crippen molar-refractivity contribution in [3.8, 4) is 0 Å². The third-order valence-corrected chi connectivity index (χ3v) is 4.07. The van der Waals surface area contributed by atoms with Crippen LogP contribution < -0.4 is 5.32 Å². The van der Waals surface area contributed by atoms with Crippen molar-refractivity contribution in [2.75, 3.05) is 13.1 Å². The van der Waals surface area contributed by atoms with E-state index in [1.165, 1.54) is 12.1 Å². The van der Waals surface area contributed by atoms with Crippen molar-refractivity contribution >= 4 is 23.4 Å². The van der Waals surface area contributed by atoms with Gasteiger partial charge in [-0.15, -0.1) is 0 Å². The fourth-order valence-corrected chi connectivity index (χ4v) is 2.77. The molecule has 4 nitrogen and oxygen atoms in total. The minimum absolute atomic E-state index is 0.0583. The fourth-order valence-electron chi connectivity index (χ4n) is 2.57. The molecule has 0 radical (unpaired) electrons. The molecule has 2 amide bonds. The van der Waals surface area contributed by atoms with Gasteiger partial charge in [-0.05, 0) is 39.0 Å². The van der Waals surface area contributed by atoms with Crippen LogP contribution >= 0.6 is 11.6 Å². The van der Waals surface area contributed by atoms with Crippen LogP contribution in [-0.2, 0) is 4.79 Å². The lowest BCUT2D eigenvalue weighted by molar-refractivity contribution is -0.131. The molecule has 0 aromatic heterocycles. The highest BCUT2D eigenvalue weighted by Crippen LogP contribution is 2.25. The molecule has 1 aliphatic heterocycles. The first-order valence-electron chi connectivity index (χ1n) is 7.22. The second-order valence-electron chi connectivity index (χ2n) is 6.58. The van der Waals surface area contributed by atoms with E-state index in [0.717, 1.165) is 6.07 Å². The first kappa shape index (κ1) is 16.7. The first-order valence-corrected chi connectivity index (χ1v) is 7.60. The molecule has 1 aromatic rings. The zero-order valence-corrected chi connectivity index (χ0v) is 13.7.